The van der Waals surface area contributed by atoms with Gasteiger partial charge in [-0.1, -0.05) is 0 Å². The van der Waals surface area contributed by atoms with Gasteiger partial charge >= 0.3 is 0 Å². The third kappa shape index (κ3) is 2.31. The van der Waals surface area contributed by atoms with E-state index >= 15 is 0 Å². The molecule has 0 radical (unpaired) electrons. The fraction of sp³-hybridized carbons (Fsp3) is 0.222. The maximum absolute atomic E-state index is 5.24. The van der Waals surface area contributed by atoms with Crippen molar-refractivity contribution >= 4 is 17.7 Å². The second-order valence-corrected chi connectivity index (χ2v) is 4.12. The quantitative estimate of drug-likeness (QED) is 0.475. The Balaban J connectivity index is 2.26. The molecular formula is C9H11N5OS. The highest BCUT2D eigenvalue weighted by Crippen LogP contribution is 2.27. The Labute approximate surface area is 96.7 Å². The molecule has 0 spiro atoms. The number of anilines is 1. The molecule has 84 valence electrons. The molecule has 0 aliphatic rings. The lowest BCUT2D eigenvalue weighted by Gasteiger charge is -2.03. The van der Waals surface area contributed by atoms with E-state index in [4.69, 9.17) is 10.3 Å². The van der Waals surface area contributed by atoms with Crippen LogP contribution in [0.25, 0.3) is 0 Å². The molecule has 0 unspecified atom stereocenters. The van der Waals surface area contributed by atoms with Crippen LogP contribution in [0.1, 0.15) is 11.3 Å². The molecule has 2 rings (SSSR count). The molecule has 2 aromatic heterocycles. The van der Waals surface area contributed by atoms with Crippen molar-refractivity contribution in [3.63, 3.8) is 0 Å². The van der Waals surface area contributed by atoms with Crippen molar-refractivity contribution in [1.82, 2.24) is 15.0 Å². The first-order valence-electron chi connectivity index (χ1n) is 4.59. The number of nitrogen functional groups attached to an aromatic ring is 1. The van der Waals surface area contributed by atoms with Crippen LogP contribution in [0.5, 0.6) is 0 Å². The van der Waals surface area contributed by atoms with Crippen LogP contribution in [0, 0.1) is 13.8 Å². The van der Waals surface area contributed by atoms with Gasteiger partial charge in [0.2, 0.25) is 5.95 Å². The average molecular weight is 237 g/mol. The summed E-state index contributed by atoms with van der Waals surface area (Å²) in [5.41, 5.74) is 4.18. The van der Waals surface area contributed by atoms with Gasteiger partial charge in [-0.3, -0.25) is 5.43 Å². The summed E-state index contributed by atoms with van der Waals surface area (Å²) in [5.74, 6) is 5.61. The van der Waals surface area contributed by atoms with E-state index < -0.39 is 0 Å². The Kier molecular flexibility index (Phi) is 3.07. The molecule has 6 nitrogen and oxygen atoms in total. The number of aryl methyl sites for hydroxylation is 2. The fourth-order valence-corrected chi connectivity index (χ4v) is 1.86. The van der Waals surface area contributed by atoms with Crippen LogP contribution in [-0.4, -0.2) is 15.0 Å². The zero-order valence-electron chi connectivity index (χ0n) is 8.89. The molecule has 2 heterocycles. The van der Waals surface area contributed by atoms with Crippen molar-refractivity contribution in [2.45, 2.75) is 24.1 Å². The predicted octanol–water partition coefficient (Wildman–Crippen LogP) is 1.52. The lowest BCUT2D eigenvalue weighted by Crippen LogP contribution is -2.10. The van der Waals surface area contributed by atoms with Gasteiger partial charge in [0.25, 0.3) is 5.22 Å². The molecule has 0 bridgehead atoms. The first-order chi connectivity index (χ1) is 7.69. The normalized spacial score (nSPS) is 10.4. The maximum atomic E-state index is 5.24. The molecule has 0 aliphatic heterocycles. The molecular weight excluding hydrogens is 226 g/mol. The van der Waals surface area contributed by atoms with Gasteiger partial charge in [-0.25, -0.2) is 20.8 Å². The largest absolute Gasteiger partial charge is 0.439 e. The Morgan fingerprint density at radius 2 is 2.19 bits per heavy atom. The highest BCUT2D eigenvalue weighted by Gasteiger charge is 2.09. The van der Waals surface area contributed by atoms with Crippen LogP contribution in [-0.2, 0) is 0 Å². The monoisotopic (exact) mass is 237 g/mol. The van der Waals surface area contributed by atoms with Crippen molar-refractivity contribution in [3.8, 4) is 0 Å². The summed E-state index contributed by atoms with van der Waals surface area (Å²) < 4.78 is 5.24. The summed E-state index contributed by atoms with van der Waals surface area (Å²) in [7, 11) is 0. The van der Waals surface area contributed by atoms with Gasteiger partial charge in [0.05, 0.1) is 5.69 Å². The minimum atomic E-state index is 0.372. The van der Waals surface area contributed by atoms with Gasteiger partial charge in [0, 0.05) is 11.8 Å². The standard InChI is InChI=1S/C9H11N5OS/c1-5-3-11-8(14-10)13-7(5)16-9-12-6(2)4-15-9/h3-4H,10H2,1-2H3,(H,11,13,14). The van der Waals surface area contributed by atoms with Gasteiger partial charge in [-0.2, -0.15) is 0 Å². The number of rotatable bonds is 3. The van der Waals surface area contributed by atoms with Gasteiger partial charge in [0.15, 0.2) is 0 Å². The van der Waals surface area contributed by atoms with Crippen LogP contribution in [0.15, 0.2) is 27.1 Å². The van der Waals surface area contributed by atoms with Crippen LogP contribution in [0.3, 0.4) is 0 Å². The molecule has 0 fully saturated rings. The lowest BCUT2D eigenvalue weighted by atomic mass is 10.4. The van der Waals surface area contributed by atoms with Crippen molar-refractivity contribution < 1.29 is 4.42 Å². The number of oxazole rings is 1. The van der Waals surface area contributed by atoms with Crippen LogP contribution >= 0.6 is 11.8 Å². The van der Waals surface area contributed by atoms with Crippen molar-refractivity contribution in [2.24, 2.45) is 5.84 Å². The number of nitrogens with two attached hydrogens (primary N) is 1. The Morgan fingerprint density at radius 1 is 1.38 bits per heavy atom. The van der Waals surface area contributed by atoms with E-state index in [1.165, 1.54) is 11.8 Å². The van der Waals surface area contributed by atoms with E-state index in [9.17, 15) is 0 Å². The smallest absolute Gasteiger partial charge is 0.262 e. The lowest BCUT2D eigenvalue weighted by molar-refractivity contribution is 0.453. The Hall–Kier alpha value is -1.60. The zero-order valence-corrected chi connectivity index (χ0v) is 9.71. The topological polar surface area (TPSA) is 89.9 Å². The summed E-state index contributed by atoms with van der Waals surface area (Å²) in [5, 5.41) is 1.33. The highest BCUT2D eigenvalue weighted by atomic mass is 32.2. The van der Waals surface area contributed by atoms with Crippen molar-refractivity contribution in [1.29, 1.82) is 0 Å². The average Bonchev–Trinajstić information content (AvgIpc) is 2.67. The van der Waals surface area contributed by atoms with E-state index in [0.29, 0.717) is 11.2 Å². The number of hydrogen-bond acceptors (Lipinski definition) is 7. The summed E-state index contributed by atoms with van der Waals surface area (Å²) in [6, 6.07) is 0. The second kappa shape index (κ2) is 4.50. The second-order valence-electron chi connectivity index (χ2n) is 3.18. The van der Waals surface area contributed by atoms with E-state index in [1.807, 2.05) is 13.8 Å². The summed E-state index contributed by atoms with van der Waals surface area (Å²) >= 11 is 1.34. The molecule has 2 aromatic rings. The molecule has 16 heavy (non-hydrogen) atoms. The van der Waals surface area contributed by atoms with E-state index in [2.05, 4.69) is 20.4 Å². The molecule has 0 atom stereocenters. The molecule has 0 aliphatic carbocycles. The van der Waals surface area contributed by atoms with Gasteiger partial charge in [-0.15, -0.1) is 0 Å². The Bertz CT molecular complexity index is 498. The number of nitrogens with zero attached hydrogens (tertiary/aromatic N) is 3. The van der Waals surface area contributed by atoms with Crippen LogP contribution < -0.4 is 11.3 Å². The molecule has 0 saturated heterocycles. The van der Waals surface area contributed by atoms with E-state index in [1.54, 1.807) is 12.5 Å². The van der Waals surface area contributed by atoms with Crippen molar-refractivity contribution in [3.05, 3.63) is 23.7 Å². The fourth-order valence-electron chi connectivity index (χ4n) is 1.06. The number of hydrogen-bond donors (Lipinski definition) is 2. The minimum Gasteiger partial charge on any atom is -0.439 e. The SMILES string of the molecule is Cc1coc(Sc2nc(NN)ncc2C)n1. The Morgan fingerprint density at radius 3 is 2.81 bits per heavy atom. The summed E-state index contributed by atoms with van der Waals surface area (Å²) in [6.07, 6.45) is 3.29. The summed E-state index contributed by atoms with van der Waals surface area (Å²) in [4.78, 5) is 12.4. The van der Waals surface area contributed by atoms with Crippen LogP contribution in [0.2, 0.25) is 0 Å². The maximum Gasteiger partial charge on any atom is 0.262 e. The molecule has 0 amide bonds. The third-order valence-electron chi connectivity index (χ3n) is 1.84. The molecule has 0 aromatic carbocycles. The van der Waals surface area contributed by atoms with Gasteiger partial charge in [0.1, 0.15) is 11.3 Å². The molecule has 7 heteroatoms. The first-order valence-corrected chi connectivity index (χ1v) is 5.41. The number of hydrazine groups is 1. The van der Waals surface area contributed by atoms with Crippen molar-refractivity contribution in [2.75, 3.05) is 5.43 Å². The molecule has 0 saturated carbocycles. The summed E-state index contributed by atoms with van der Waals surface area (Å²) in [6.45, 7) is 3.78. The van der Waals surface area contributed by atoms with E-state index in [0.717, 1.165) is 16.3 Å². The third-order valence-corrected chi connectivity index (χ3v) is 2.81. The highest BCUT2D eigenvalue weighted by molar-refractivity contribution is 7.99. The van der Waals surface area contributed by atoms with Gasteiger partial charge in [-0.05, 0) is 25.6 Å². The van der Waals surface area contributed by atoms with Crippen LogP contribution in [0.4, 0.5) is 5.95 Å². The van der Waals surface area contributed by atoms with E-state index in [-0.39, 0.29) is 0 Å². The minimum absolute atomic E-state index is 0.372. The predicted molar refractivity (Wildman–Crippen MR) is 59.9 cm³/mol. The molecule has 3 N–H and O–H groups in total. The number of nitrogens with one attached hydrogen (secondary N) is 1. The zero-order chi connectivity index (χ0) is 11.5. The van der Waals surface area contributed by atoms with Gasteiger partial charge < -0.3 is 4.42 Å². The first kappa shape index (κ1) is 10.9. The number of aromatic nitrogens is 3.